The highest BCUT2D eigenvalue weighted by molar-refractivity contribution is 5.88. The van der Waals surface area contributed by atoms with E-state index in [0.29, 0.717) is 25.8 Å². The lowest BCUT2D eigenvalue weighted by Gasteiger charge is -2.31. The van der Waals surface area contributed by atoms with Crippen LogP contribution < -0.4 is 5.32 Å². The standard InChI is InChI=1S/C27H30N2O2/c1-21-13-15-24(16-14-21)20-29(26(30)18-17-22-9-5-3-6-10-22)25(27(31)28-2)19-23-11-7-4-8-12-23/h3-16,25H,17-20H2,1-2H3,(H,28,31)/t25-/m1/s1. The van der Waals surface area contributed by atoms with Gasteiger partial charge in [0.05, 0.1) is 0 Å². The number of rotatable bonds is 9. The van der Waals surface area contributed by atoms with Crippen LogP contribution in [0.2, 0.25) is 0 Å². The number of hydrogen-bond acceptors (Lipinski definition) is 2. The summed E-state index contributed by atoms with van der Waals surface area (Å²) in [5, 5.41) is 2.76. The van der Waals surface area contributed by atoms with Gasteiger partial charge in [0.1, 0.15) is 6.04 Å². The maximum atomic E-state index is 13.4. The fourth-order valence-electron chi connectivity index (χ4n) is 3.65. The van der Waals surface area contributed by atoms with Crippen LogP contribution in [0.1, 0.15) is 28.7 Å². The minimum Gasteiger partial charge on any atom is -0.357 e. The van der Waals surface area contributed by atoms with E-state index in [1.165, 1.54) is 0 Å². The Morgan fingerprint density at radius 3 is 1.97 bits per heavy atom. The zero-order valence-electron chi connectivity index (χ0n) is 18.3. The molecule has 0 fully saturated rings. The predicted octanol–water partition coefficient (Wildman–Crippen LogP) is 4.31. The maximum Gasteiger partial charge on any atom is 0.242 e. The fraction of sp³-hybridized carbons (Fsp3) is 0.259. The number of amides is 2. The Balaban J connectivity index is 1.86. The first-order valence-electron chi connectivity index (χ1n) is 10.7. The topological polar surface area (TPSA) is 49.4 Å². The quantitative estimate of drug-likeness (QED) is 0.567. The molecule has 0 saturated heterocycles. The third-order valence-electron chi connectivity index (χ3n) is 5.46. The highest BCUT2D eigenvalue weighted by Crippen LogP contribution is 2.17. The molecule has 0 radical (unpaired) electrons. The highest BCUT2D eigenvalue weighted by Gasteiger charge is 2.29. The van der Waals surface area contributed by atoms with Crippen LogP contribution in [0.4, 0.5) is 0 Å². The predicted molar refractivity (Wildman–Crippen MR) is 124 cm³/mol. The maximum absolute atomic E-state index is 13.4. The summed E-state index contributed by atoms with van der Waals surface area (Å²) >= 11 is 0. The summed E-state index contributed by atoms with van der Waals surface area (Å²) in [5.41, 5.74) is 4.32. The first-order valence-corrected chi connectivity index (χ1v) is 10.7. The number of carbonyl (C=O) groups excluding carboxylic acids is 2. The van der Waals surface area contributed by atoms with Crippen molar-refractivity contribution in [3.8, 4) is 0 Å². The fourth-order valence-corrected chi connectivity index (χ4v) is 3.65. The van der Waals surface area contributed by atoms with E-state index in [-0.39, 0.29) is 11.8 Å². The van der Waals surface area contributed by atoms with Gasteiger partial charge in [0.25, 0.3) is 0 Å². The molecule has 0 spiro atoms. The van der Waals surface area contributed by atoms with Gasteiger partial charge < -0.3 is 10.2 Å². The first kappa shape index (κ1) is 22.3. The van der Waals surface area contributed by atoms with Crippen molar-refractivity contribution in [2.45, 2.75) is 38.8 Å². The zero-order chi connectivity index (χ0) is 22.1. The molecule has 0 aliphatic rings. The van der Waals surface area contributed by atoms with Crippen molar-refractivity contribution in [2.24, 2.45) is 0 Å². The molecule has 3 rings (SSSR count). The Morgan fingerprint density at radius 2 is 1.39 bits per heavy atom. The second-order valence-electron chi connectivity index (χ2n) is 7.81. The van der Waals surface area contributed by atoms with Gasteiger partial charge in [-0.05, 0) is 30.0 Å². The second kappa shape index (κ2) is 11.1. The van der Waals surface area contributed by atoms with Gasteiger partial charge in [-0.3, -0.25) is 9.59 Å². The van der Waals surface area contributed by atoms with E-state index in [9.17, 15) is 9.59 Å². The molecule has 31 heavy (non-hydrogen) atoms. The molecule has 1 atom stereocenters. The van der Waals surface area contributed by atoms with Gasteiger partial charge >= 0.3 is 0 Å². The number of hydrogen-bond donors (Lipinski definition) is 1. The second-order valence-corrected chi connectivity index (χ2v) is 7.81. The van der Waals surface area contributed by atoms with Gasteiger partial charge in [0.2, 0.25) is 11.8 Å². The molecule has 160 valence electrons. The summed E-state index contributed by atoms with van der Waals surface area (Å²) in [6.07, 6.45) is 1.48. The Labute approximate surface area is 184 Å². The van der Waals surface area contributed by atoms with E-state index < -0.39 is 6.04 Å². The molecular weight excluding hydrogens is 384 g/mol. The molecule has 0 bridgehead atoms. The smallest absolute Gasteiger partial charge is 0.242 e. The van der Waals surface area contributed by atoms with Crippen LogP contribution >= 0.6 is 0 Å². The molecule has 0 heterocycles. The number of nitrogens with one attached hydrogen (secondary N) is 1. The van der Waals surface area contributed by atoms with E-state index in [4.69, 9.17) is 0 Å². The molecule has 0 aliphatic heterocycles. The van der Waals surface area contributed by atoms with Crippen molar-refractivity contribution in [2.75, 3.05) is 7.05 Å². The van der Waals surface area contributed by atoms with Crippen LogP contribution in [0.5, 0.6) is 0 Å². The summed E-state index contributed by atoms with van der Waals surface area (Å²) in [4.78, 5) is 28.0. The van der Waals surface area contributed by atoms with Gasteiger partial charge in [-0.25, -0.2) is 0 Å². The summed E-state index contributed by atoms with van der Waals surface area (Å²) in [7, 11) is 1.62. The van der Waals surface area contributed by atoms with Gasteiger partial charge in [-0.15, -0.1) is 0 Å². The van der Waals surface area contributed by atoms with Gasteiger partial charge in [0, 0.05) is 26.4 Å². The number of carbonyl (C=O) groups is 2. The molecular formula is C27H30N2O2. The number of benzene rings is 3. The third-order valence-corrected chi connectivity index (χ3v) is 5.46. The van der Waals surface area contributed by atoms with Crippen LogP contribution in [-0.4, -0.2) is 29.8 Å². The summed E-state index contributed by atoms with van der Waals surface area (Å²) < 4.78 is 0. The van der Waals surface area contributed by atoms with Crippen LogP contribution in [0, 0.1) is 6.92 Å². The summed E-state index contributed by atoms with van der Waals surface area (Å²) in [6.45, 7) is 2.44. The van der Waals surface area contributed by atoms with E-state index in [0.717, 1.165) is 22.3 Å². The number of likely N-dealkylation sites (N-methyl/N-ethyl adjacent to an activating group) is 1. The molecule has 0 aliphatic carbocycles. The van der Waals surface area contributed by atoms with E-state index in [2.05, 4.69) is 5.32 Å². The van der Waals surface area contributed by atoms with Crippen molar-refractivity contribution in [1.82, 2.24) is 10.2 Å². The molecule has 3 aromatic rings. The molecule has 1 N–H and O–H groups in total. The lowest BCUT2D eigenvalue weighted by atomic mass is 10.0. The summed E-state index contributed by atoms with van der Waals surface area (Å²) in [5.74, 6) is -0.169. The molecule has 4 heteroatoms. The van der Waals surface area contributed by atoms with Crippen LogP contribution in [0.25, 0.3) is 0 Å². The minimum absolute atomic E-state index is 0.0195. The van der Waals surface area contributed by atoms with Crippen molar-refractivity contribution in [3.05, 3.63) is 107 Å². The Morgan fingerprint density at radius 1 is 0.806 bits per heavy atom. The Kier molecular flexibility index (Phi) is 7.99. The van der Waals surface area contributed by atoms with Gasteiger partial charge in [-0.1, -0.05) is 90.5 Å². The first-order chi connectivity index (χ1) is 15.1. The third kappa shape index (κ3) is 6.54. The molecule has 4 nitrogen and oxygen atoms in total. The molecule has 0 saturated carbocycles. The molecule has 0 unspecified atom stereocenters. The SMILES string of the molecule is CNC(=O)[C@@H](Cc1ccccc1)N(Cc1ccc(C)cc1)C(=O)CCc1ccccc1. The normalized spacial score (nSPS) is 11.5. The van der Waals surface area contributed by atoms with Crippen LogP contribution in [0.3, 0.4) is 0 Å². The van der Waals surface area contributed by atoms with Crippen molar-refractivity contribution in [1.29, 1.82) is 0 Å². The Bertz CT molecular complexity index is 969. The lowest BCUT2D eigenvalue weighted by Crippen LogP contribution is -2.49. The van der Waals surface area contributed by atoms with Gasteiger partial charge in [0.15, 0.2) is 0 Å². The lowest BCUT2D eigenvalue weighted by molar-refractivity contribution is -0.141. The number of aryl methyl sites for hydroxylation is 2. The van der Waals surface area contributed by atoms with Crippen molar-refractivity contribution >= 4 is 11.8 Å². The molecule has 2 amide bonds. The van der Waals surface area contributed by atoms with Crippen LogP contribution in [-0.2, 0) is 29.0 Å². The molecule has 0 aromatic heterocycles. The van der Waals surface area contributed by atoms with Crippen molar-refractivity contribution in [3.63, 3.8) is 0 Å². The minimum atomic E-state index is -0.572. The average molecular weight is 415 g/mol. The van der Waals surface area contributed by atoms with Crippen molar-refractivity contribution < 1.29 is 9.59 Å². The van der Waals surface area contributed by atoms with E-state index in [1.54, 1.807) is 11.9 Å². The zero-order valence-corrected chi connectivity index (χ0v) is 18.3. The van der Waals surface area contributed by atoms with E-state index >= 15 is 0 Å². The van der Waals surface area contributed by atoms with Crippen LogP contribution in [0.15, 0.2) is 84.9 Å². The number of nitrogens with zero attached hydrogens (tertiary/aromatic N) is 1. The Hall–Kier alpha value is -3.40. The van der Waals surface area contributed by atoms with Gasteiger partial charge in [-0.2, -0.15) is 0 Å². The molecule has 3 aromatic carbocycles. The monoisotopic (exact) mass is 414 g/mol. The van der Waals surface area contributed by atoms with E-state index in [1.807, 2.05) is 91.9 Å². The average Bonchev–Trinajstić information content (AvgIpc) is 2.81. The largest absolute Gasteiger partial charge is 0.357 e. The highest BCUT2D eigenvalue weighted by atomic mass is 16.2. The summed E-state index contributed by atoms with van der Waals surface area (Å²) in [6, 6.07) is 27.4.